The monoisotopic (exact) mass is 425 g/mol. The largest absolute Gasteiger partial charge is 0.465 e. The lowest BCUT2D eigenvalue weighted by atomic mass is 9.92. The number of esters is 1. The molecule has 8 heteroatoms. The molecule has 0 radical (unpaired) electrons. The predicted octanol–water partition coefficient (Wildman–Crippen LogP) is 5.33. The topological polar surface area (TPSA) is 69.4 Å². The van der Waals surface area contributed by atoms with E-state index >= 15 is 0 Å². The van der Waals surface area contributed by atoms with Crippen LogP contribution in [0.25, 0.3) is 33.2 Å². The minimum Gasteiger partial charge on any atom is -0.465 e. The predicted molar refractivity (Wildman–Crippen MR) is 107 cm³/mol. The zero-order valence-corrected chi connectivity index (χ0v) is 16.1. The highest BCUT2D eigenvalue weighted by molar-refractivity contribution is 6.02. The first-order valence-corrected chi connectivity index (χ1v) is 9.07. The standard InChI is InChI=1S/C23H14F3NO4/c1-30-21(28)15-9-14(11-27-12-15)19-17-7-2-3-8-18(17)31-22(29)20(19)13-5-4-6-16(10-13)23(24,25)26/h2-12H,1H3. The molecule has 0 spiro atoms. The Hall–Kier alpha value is -3.94. The summed E-state index contributed by atoms with van der Waals surface area (Å²) in [6, 6.07) is 12.5. The van der Waals surface area contributed by atoms with Gasteiger partial charge in [-0.15, -0.1) is 0 Å². The molecule has 0 unspecified atom stereocenters. The lowest BCUT2D eigenvalue weighted by Gasteiger charge is -2.14. The van der Waals surface area contributed by atoms with Gasteiger partial charge in [-0.05, 0) is 29.8 Å². The molecule has 2 heterocycles. The number of para-hydroxylation sites is 1. The number of carbonyl (C=O) groups excluding carboxylic acids is 1. The Balaban J connectivity index is 2.08. The number of ether oxygens (including phenoxy) is 1. The van der Waals surface area contributed by atoms with Gasteiger partial charge in [-0.25, -0.2) is 9.59 Å². The maximum atomic E-state index is 13.3. The smallest absolute Gasteiger partial charge is 0.416 e. The number of carbonyl (C=O) groups is 1. The minimum absolute atomic E-state index is 0.0350. The van der Waals surface area contributed by atoms with Crippen molar-refractivity contribution in [3.05, 3.63) is 88.5 Å². The number of hydrogen-bond donors (Lipinski definition) is 0. The van der Waals surface area contributed by atoms with Crippen molar-refractivity contribution in [1.29, 1.82) is 0 Å². The van der Waals surface area contributed by atoms with Gasteiger partial charge in [-0.1, -0.05) is 30.3 Å². The lowest BCUT2D eigenvalue weighted by molar-refractivity contribution is -0.137. The van der Waals surface area contributed by atoms with Gasteiger partial charge in [-0.2, -0.15) is 13.2 Å². The van der Waals surface area contributed by atoms with Crippen molar-refractivity contribution in [3.8, 4) is 22.3 Å². The first kappa shape index (κ1) is 20.3. The van der Waals surface area contributed by atoms with E-state index in [0.717, 1.165) is 12.1 Å². The fourth-order valence-corrected chi connectivity index (χ4v) is 3.37. The first-order chi connectivity index (χ1) is 14.8. The third-order valence-corrected chi connectivity index (χ3v) is 4.74. The average molecular weight is 425 g/mol. The van der Waals surface area contributed by atoms with Gasteiger partial charge in [-0.3, -0.25) is 4.98 Å². The summed E-state index contributed by atoms with van der Waals surface area (Å²) in [4.78, 5) is 28.9. The van der Waals surface area contributed by atoms with E-state index in [0.29, 0.717) is 16.5 Å². The Morgan fingerprint density at radius 3 is 2.48 bits per heavy atom. The van der Waals surface area contributed by atoms with E-state index in [9.17, 15) is 22.8 Å². The zero-order valence-electron chi connectivity index (χ0n) is 16.1. The molecule has 5 nitrogen and oxygen atoms in total. The number of rotatable bonds is 3. The molecule has 0 saturated carbocycles. The van der Waals surface area contributed by atoms with E-state index in [4.69, 9.17) is 9.15 Å². The number of methoxy groups -OCH3 is 1. The van der Waals surface area contributed by atoms with Crippen LogP contribution >= 0.6 is 0 Å². The van der Waals surface area contributed by atoms with Crippen molar-refractivity contribution in [1.82, 2.24) is 4.98 Å². The minimum atomic E-state index is -4.58. The molecule has 156 valence electrons. The van der Waals surface area contributed by atoms with Crippen LogP contribution in [0.3, 0.4) is 0 Å². The van der Waals surface area contributed by atoms with Crippen LogP contribution < -0.4 is 5.63 Å². The summed E-state index contributed by atoms with van der Waals surface area (Å²) in [6.45, 7) is 0. The summed E-state index contributed by atoms with van der Waals surface area (Å²) in [5.74, 6) is -0.637. The quantitative estimate of drug-likeness (QED) is 0.328. The average Bonchev–Trinajstić information content (AvgIpc) is 2.77. The van der Waals surface area contributed by atoms with Gasteiger partial charge in [0.2, 0.25) is 0 Å². The van der Waals surface area contributed by atoms with Crippen molar-refractivity contribution in [2.75, 3.05) is 7.11 Å². The molecule has 0 aliphatic heterocycles. The van der Waals surface area contributed by atoms with Crippen molar-refractivity contribution >= 4 is 16.9 Å². The van der Waals surface area contributed by atoms with Gasteiger partial charge >= 0.3 is 17.8 Å². The summed E-state index contributed by atoms with van der Waals surface area (Å²) in [5.41, 5.74) is -0.680. The van der Waals surface area contributed by atoms with Gasteiger partial charge < -0.3 is 9.15 Å². The highest BCUT2D eigenvalue weighted by Gasteiger charge is 2.31. The molecule has 0 aliphatic carbocycles. The van der Waals surface area contributed by atoms with E-state index in [2.05, 4.69) is 4.98 Å². The molecular formula is C23H14F3NO4. The Morgan fingerprint density at radius 1 is 0.968 bits per heavy atom. The number of benzene rings is 2. The van der Waals surface area contributed by atoms with Crippen LogP contribution in [0.15, 0.2) is 76.2 Å². The van der Waals surface area contributed by atoms with Crippen LogP contribution in [0.5, 0.6) is 0 Å². The molecule has 0 amide bonds. The molecule has 2 aromatic heterocycles. The highest BCUT2D eigenvalue weighted by atomic mass is 19.4. The first-order valence-electron chi connectivity index (χ1n) is 9.07. The molecule has 0 aliphatic rings. The molecule has 4 aromatic rings. The number of halogens is 3. The lowest BCUT2D eigenvalue weighted by Crippen LogP contribution is -2.09. The van der Waals surface area contributed by atoms with Crippen LogP contribution in [0.2, 0.25) is 0 Å². The van der Waals surface area contributed by atoms with Crippen LogP contribution in [0.4, 0.5) is 13.2 Å². The normalized spacial score (nSPS) is 11.5. The van der Waals surface area contributed by atoms with Crippen LogP contribution in [-0.2, 0) is 10.9 Å². The molecule has 0 fully saturated rings. The molecule has 0 saturated heterocycles. The number of pyridine rings is 1. The second-order valence-electron chi connectivity index (χ2n) is 6.67. The summed E-state index contributed by atoms with van der Waals surface area (Å²) in [7, 11) is 1.22. The Kier molecular flexibility index (Phi) is 5.06. The van der Waals surface area contributed by atoms with Crippen LogP contribution in [-0.4, -0.2) is 18.1 Å². The van der Waals surface area contributed by atoms with Gasteiger partial charge in [0.05, 0.1) is 23.8 Å². The third-order valence-electron chi connectivity index (χ3n) is 4.74. The maximum Gasteiger partial charge on any atom is 0.416 e. The van der Waals surface area contributed by atoms with E-state index in [1.807, 2.05) is 0 Å². The summed E-state index contributed by atoms with van der Waals surface area (Å²) in [6.07, 6.45) is -1.86. The molecule has 0 atom stereocenters. The van der Waals surface area contributed by atoms with Gasteiger partial charge in [0.15, 0.2) is 0 Å². The van der Waals surface area contributed by atoms with Crippen molar-refractivity contribution < 1.29 is 27.1 Å². The van der Waals surface area contributed by atoms with Crippen LogP contribution in [0, 0.1) is 0 Å². The number of aromatic nitrogens is 1. The van der Waals surface area contributed by atoms with E-state index < -0.39 is 23.3 Å². The van der Waals surface area contributed by atoms with E-state index in [-0.39, 0.29) is 22.3 Å². The Morgan fingerprint density at radius 2 is 1.74 bits per heavy atom. The van der Waals surface area contributed by atoms with E-state index in [1.54, 1.807) is 24.3 Å². The fourth-order valence-electron chi connectivity index (χ4n) is 3.37. The third kappa shape index (κ3) is 3.79. The summed E-state index contributed by atoms with van der Waals surface area (Å²) >= 11 is 0. The summed E-state index contributed by atoms with van der Waals surface area (Å²) in [5, 5.41) is 0.485. The molecule has 31 heavy (non-hydrogen) atoms. The second kappa shape index (κ2) is 7.71. The van der Waals surface area contributed by atoms with E-state index in [1.165, 1.54) is 37.7 Å². The molecule has 2 aromatic carbocycles. The van der Waals surface area contributed by atoms with Crippen molar-refractivity contribution in [2.24, 2.45) is 0 Å². The fraction of sp³-hybridized carbons (Fsp3) is 0.0870. The van der Waals surface area contributed by atoms with Gasteiger partial charge in [0, 0.05) is 28.9 Å². The van der Waals surface area contributed by atoms with Gasteiger partial charge in [0.25, 0.3) is 0 Å². The Labute approximate surface area is 173 Å². The van der Waals surface area contributed by atoms with Gasteiger partial charge in [0.1, 0.15) is 5.58 Å². The molecular weight excluding hydrogens is 411 g/mol. The number of alkyl halides is 3. The van der Waals surface area contributed by atoms with Crippen molar-refractivity contribution in [2.45, 2.75) is 6.18 Å². The van der Waals surface area contributed by atoms with Crippen LogP contribution in [0.1, 0.15) is 15.9 Å². The van der Waals surface area contributed by atoms with Crippen molar-refractivity contribution in [3.63, 3.8) is 0 Å². The molecule has 0 N–H and O–H groups in total. The molecule has 4 rings (SSSR count). The molecule has 0 bridgehead atoms. The number of fused-ring (bicyclic) bond motifs is 1. The summed E-state index contributed by atoms with van der Waals surface area (Å²) < 4.78 is 49.9. The number of nitrogens with zero attached hydrogens (tertiary/aromatic N) is 1. The second-order valence-corrected chi connectivity index (χ2v) is 6.67. The zero-order chi connectivity index (χ0) is 22.2. The maximum absolute atomic E-state index is 13.3. The SMILES string of the molecule is COC(=O)c1cncc(-c2c(-c3cccc(C(F)(F)F)c3)c(=O)oc3ccccc23)c1. The highest BCUT2D eigenvalue weighted by Crippen LogP contribution is 2.38. The Bertz CT molecular complexity index is 1360. The number of hydrogen-bond acceptors (Lipinski definition) is 5.